The Morgan fingerprint density at radius 1 is 1.47 bits per heavy atom. The molecule has 2 fully saturated rings. The molecule has 1 aliphatic carbocycles. The Hall–Kier alpha value is -0.610. The van der Waals surface area contributed by atoms with E-state index in [0.717, 1.165) is 38.8 Å². The zero-order chi connectivity index (χ0) is 12.5. The van der Waals surface area contributed by atoms with Crippen molar-refractivity contribution in [3.05, 3.63) is 0 Å². The molecule has 2 rings (SSSR count). The highest BCUT2D eigenvalue weighted by Crippen LogP contribution is 2.39. The van der Waals surface area contributed by atoms with Crippen LogP contribution in [0.15, 0.2) is 0 Å². The molecule has 4 nitrogen and oxygen atoms in total. The topological polar surface area (TPSA) is 55.6 Å². The summed E-state index contributed by atoms with van der Waals surface area (Å²) in [5.41, 5.74) is 5.51. The summed E-state index contributed by atoms with van der Waals surface area (Å²) in [5.74, 6) is 0.478. The van der Waals surface area contributed by atoms with Crippen LogP contribution in [0.1, 0.15) is 39.5 Å². The quantitative estimate of drug-likeness (QED) is 0.784. The molecule has 98 valence electrons. The standard InChI is InChI=1S/C13H24N2O2/c1-3-15(9-11-5-4-8-17-11)12(16)13(2,14)10-6-7-10/h10-11H,3-9,14H2,1-2H3. The Morgan fingerprint density at radius 3 is 2.65 bits per heavy atom. The van der Waals surface area contributed by atoms with Crippen LogP contribution in [0.2, 0.25) is 0 Å². The lowest BCUT2D eigenvalue weighted by molar-refractivity contribution is -0.138. The van der Waals surface area contributed by atoms with Crippen LogP contribution < -0.4 is 5.73 Å². The molecule has 1 saturated heterocycles. The summed E-state index contributed by atoms with van der Waals surface area (Å²) in [4.78, 5) is 14.3. The number of hydrogen-bond donors (Lipinski definition) is 1. The van der Waals surface area contributed by atoms with E-state index in [1.165, 1.54) is 0 Å². The molecule has 0 aromatic carbocycles. The number of nitrogens with zero attached hydrogens (tertiary/aromatic N) is 1. The molecule has 0 aromatic rings. The summed E-state index contributed by atoms with van der Waals surface area (Å²) in [6.45, 7) is 6.15. The van der Waals surface area contributed by atoms with Crippen LogP contribution in [0.4, 0.5) is 0 Å². The summed E-state index contributed by atoms with van der Waals surface area (Å²) in [5, 5.41) is 0. The van der Waals surface area contributed by atoms with Gasteiger partial charge in [-0.3, -0.25) is 4.79 Å². The maximum absolute atomic E-state index is 12.4. The van der Waals surface area contributed by atoms with Crippen molar-refractivity contribution in [3.63, 3.8) is 0 Å². The molecule has 1 aliphatic heterocycles. The van der Waals surface area contributed by atoms with E-state index in [4.69, 9.17) is 10.5 Å². The maximum Gasteiger partial charge on any atom is 0.242 e. The third-order valence-electron chi connectivity index (χ3n) is 4.00. The van der Waals surface area contributed by atoms with Gasteiger partial charge in [-0.2, -0.15) is 0 Å². The average Bonchev–Trinajstić information content (AvgIpc) is 3.05. The number of rotatable bonds is 5. The van der Waals surface area contributed by atoms with E-state index in [-0.39, 0.29) is 12.0 Å². The predicted octanol–water partition coefficient (Wildman–Crippen LogP) is 1.14. The van der Waals surface area contributed by atoms with Crippen LogP contribution in [-0.4, -0.2) is 42.1 Å². The number of hydrogen-bond acceptors (Lipinski definition) is 3. The van der Waals surface area contributed by atoms with Crippen LogP contribution in [-0.2, 0) is 9.53 Å². The minimum Gasteiger partial charge on any atom is -0.376 e. The van der Waals surface area contributed by atoms with Gasteiger partial charge in [0.15, 0.2) is 0 Å². The summed E-state index contributed by atoms with van der Waals surface area (Å²) in [6, 6.07) is 0. The lowest BCUT2D eigenvalue weighted by Crippen LogP contribution is -2.56. The molecule has 1 saturated carbocycles. The minimum atomic E-state index is -0.672. The number of carbonyl (C=O) groups excluding carboxylic acids is 1. The van der Waals surface area contributed by atoms with Crippen LogP contribution in [0, 0.1) is 5.92 Å². The van der Waals surface area contributed by atoms with E-state index >= 15 is 0 Å². The molecule has 2 unspecified atom stereocenters. The fourth-order valence-corrected chi connectivity index (χ4v) is 2.59. The molecule has 2 N–H and O–H groups in total. The normalized spacial score (nSPS) is 27.8. The molecule has 0 spiro atoms. The fraction of sp³-hybridized carbons (Fsp3) is 0.923. The van der Waals surface area contributed by atoms with Gasteiger partial charge in [-0.05, 0) is 45.4 Å². The van der Waals surface area contributed by atoms with Crippen LogP contribution in [0.25, 0.3) is 0 Å². The van der Waals surface area contributed by atoms with Gasteiger partial charge in [-0.15, -0.1) is 0 Å². The van der Waals surface area contributed by atoms with Crippen molar-refractivity contribution in [3.8, 4) is 0 Å². The second-order valence-corrected chi connectivity index (χ2v) is 5.54. The second kappa shape index (κ2) is 4.94. The van der Waals surface area contributed by atoms with Crippen molar-refractivity contribution in [2.45, 2.75) is 51.2 Å². The number of likely N-dealkylation sites (N-methyl/N-ethyl adjacent to an activating group) is 1. The van der Waals surface area contributed by atoms with E-state index in [1.807, 2.05) is 18.7 Å². The van der Waals surface area contributed by atoms with Crippen molar-refractivity contribution in [1.29, 1.82) is 0 Å². The van der Waals surface area contributed by atoms with Gasteiger partial charge in [0, 0.05) is 19.7 Å². The van der Waals surface area contributed by atoms with Gasteiger partial charge in [-0.1, -0.05) is 0 Å². The van der Waals surface area contributed by atoms with E-state index in [9.17, 15) is 4.79 Å². The largest absolute Gasteiger partial charge is 0.376 e. The molecule has 2 atom stereocenters. The molecular weight excluding hydrogens is 216 g/mol. The number of nitrogens with two attached hydrogens (primary N) is 1. The SMILES string of the molecule is CCN(CC1CCCO1)C(=O)C(C)(N)C1CC1. The van der Waals surface area contributed by atoms with Gasteiger partial charge in [0.25, 0.3) is 0 Å². The van der Waals surface area contributed by atoms with Crippen molar-refractivity contribution in [2.24, 2.45) is 11.7 Å². The van der Waals surface area contributed by atoms with E-state index in [0.29, 0.717) is 12.5 Å². The van der Waals surface area contributed by atoms with Crippen LogP contribution >= 0.6 is 0 Å². The first-order valence-corrected chi connectivity index (χ1v) is 6.75. The van der Waals surface area contributed by atoms with Gasteiger partial charge in [0.1, 0.15) is 0 Å². The van der Waals surface area contributed by atoms with Gasteiger partial charge in [0.05, 0.1) is 11.6 Å². The third-order valence-corrected chi connectivity index (χ3v) is 4.00. The molecule has 4 heteroatoms. The monoisotopic (exact) mass is 240 g/mol. The zero-order valence-electron chi connectivity index (χ0n) is 10.9. The molecular formula is C13H24N2O2. The predicted molar refractivity (Wildman–Crippen MR) is 66.5 cm³/mol. The van der Waals surface area contributed by atoms with Gasteiger partial charge in [0.2, 0.25) is 5.91 Å². The number of ether oxygens (including phenoxy) is 1. The Kier molecular flexibility index (Phi) is 3.73. The Balaban J connectivity index is 1.94. The Morgan fingerprint density at radius 2 is 2.18 bits per heavy atom. The van der Waals surface area contributed by atoms with Crippen molar-refractivity contribution in [2.75, 3.05) is 19.7 Å². The molecule has 17 heavy (non-hydrogen) atoms. The summed E-state index contributed by atoms with van der Waals surface area (Å²) >= 11 is 0. The Bertz CT molecular complexity index is 281. The lowest BCUT2D eigenvalue weighted by atomic mass is 9.95. The first-order chi connectivity index (χ1) is 8.05. The van der Waals surface area contributed by atoms with Crippen molar-refractivity contribution in [1.82, 2.24) is 4.90 Å². The van der Waals surface area contributed by atoms with Gasteiger partial charge < -0.3 is 15.4 Å². The highest BCUT2D eigenvalue weighted by molar-refractivity contribution is 5.86. The first kappa shape index (κ1) is 12.8. The van der Waals surface area contributed by atoms with Crippen LogP contribution in [0.3, 0.4) is 0 Å². The molecule has 1 heterocycles. The molecule has 0 aromatic heterocycles. The van der Waals surface area contributed by atoms with Crippen molar-refractivity contribution >= 4 is 5.91 Å². The number of carbonyl (C=O) groups is 1. The van der Waals surface area contributed by atoms with E-state index in [2.05, 4.69) is 0 Å². The highest BCUT2D eigenvalue weighted by atomic mass is 16.5. The fourth-order valence-electron chi connectivity index (χ4n) is 2.59. The maximum atomic E-state index is 12.4. The molecule has 2 aliphatic rings. The lowest BCUT2D eigenvalue weighted by Gasteiger charge is -2.32. The summed E-state index contributed by atoms with van der Waals surface area (Å²) in [6.07, 6.45) is 4.58. The Labute approximate surface area is 103 Å². The van der Waals surface area contributed by atoms with Gasteiger partial charge in [-0.25, -0.2) is 0 Å². The minimum absolute atomic E-state index is 0.0954. The van der Waals surface area contributed by atoms with E-state index < -0.39 is 5.54 Å². The first-order valence-electron chi connectivity index (χ1n) is 6.75. The second-order valence-electron chi connectivity index (χ2n) is 5.54. The third kappa shape index (κ3) is 2.80. The molecule has 1 amide bonds. The molecule has 0 bridgehead atoms. The average molecular weight is 240 g/mol. The summed E-state index contributed by atoms with van der Waals surface area (Å²) < 4.78 is 5.59. The highest BCUT2D eigenvalue weighted by Gasteiger charge is 2.45. The number of amides is 1. The zero-order valence-corrected chi connectivity index (χ0v) is 10.9. The molecule has 0 radical (unpaired) electrons. The summed E-state index contributed by atoms with van der Waals surface area (Å²) in [7, 11) is 0. The van der Waals surface area contributed by atoms with E-state index in [1.54, 1.807) is 0 Å². The van der Waals surface area contributed by atoms with Crippen molar-refractivity contribution < 1.29 is 9.53 Å². The smallest absolute Gasteiger partial charge is 0.242 e. The van der Waals surface area contributed by atoms with Crippen LogP contribution in [0.5, 0.6) is 0 Å². The van der Waals surface area contributed by atoms with Gasteiger partial charge >= 0.3 is 0 Å².